The number of rotatable bonds is 8. The lowest BCUT2D eigenvalue weighted by Gasteiger charge is -2.12. The van der Waals surface area contributed by atoms with E-state index < -0.39 is 17.6 Å². The monoisotopic (exact) mass is 454 g/mol. The highest BCUT2D eigenvalue weighted by Gasteiger charge is 2.13. The molecule has 0 radical (unpaired) electrons. The Morgan fingerprint density at radius 2 is 1.79 bits per heavy atom. The molecule has 7 nitrogen and oxygen atoms in total. The van der Waals surface area contributed by atoms with Gasteiger partial charge >= 0.3 is 0 Å². The summed E-state index contributed by atoms with van der Waals surface area (Å²) in [6.07, 6.45) is 0.841. The van der Waals surface area contributed by atoms with Crippen LogP contribution in [0.4, 0.5) is 4.39 Å². The highest BCUT2D eigenvalue weighted by atomic mass is 79.9. The molecule has 2 rings (SSSR count). The Labute approximate surface area is 170 Å². The number of carbonyl (C=O) groups excluding carboxylic acids is 2. The first-order chi connectivity index (χ1) is 13.4. The summed E-state index contributed by atoms with van der Waals surface area (Å²) in [4.78, 5) is 24.0. The zero-order valence-corrected chi connectivity index (χ0v) is 17.0. The largest absolute Gasteiger partial charge is 0.493 e. The zero-order chi connectivity index (χ0) is 20.5. The third-order valence-corrected chi connectivity index (χ3v) is 4.08. The van der Waals surface area contributed by atoms with E-state index in [1.165, 1.54) is 31.4 Å². The van der Waals surface area contributed by atoms with Crippen molar-refractivity contribution in [3.05, 3.63) is 52.3 Å². The summed E-state index contributed by atoms with van der Waals surface area (Å²) in [7, 11) is 1.47. The van der Waals surface area contributed by atoms with E-state index in [1.807, 2.05) is 6.92 Å². The summed E-state index contributed by atoms with van der Waals surface area (Å²) in [6.45, 7) is 2.15. The normalized spacial score (nSPS) is 10.1. The van der Waals surface area contributed by atoms with Gasteiger partial charge < -0.3 is 14.2 Å². The molecule has 0 aliphatic rings. The molecular weight excluding hydrogens is 435 g/mol. The Hall–Kier alpha value is -2.81. The standard InChI is InChI=1S/C19H20BrFN2O5/c1-3-8-27-16-6-4-12(9-17(16)26-2)19(25)23-22-18(24)11-28-15-7-5-13(21)10-14(15)20/h4-7,9-10H,3,8,11H2,1-2H3,(H,22,24)(H,23,25). The lowest BCUT2D eigenvalue weighted by Crippen LogP contribution is -2.43. The van der Waals surface area contributed by atoms with Crippen LogP contribution in [0.5, 0.6) is 17.2 Å². The molecule has 0 aliphatic carbocycles. The van der Waals surface area contributed by atoms with E-state index in [-0.39, 0.29) is 12.2 Å². The number of hydrazine groups is 1. The van der Waals surface area contributed by atoms with E-state index in [0.29, 0.717) is 28.3 Å². The summed E-state index contributed by atoms with van der Waals surface area (Å²) < 4.78 is 29.4. The minimum absolute atomic E-state index is 0.281. The Kier molecular flexibility index (Phi) is 8.06. The van der Waals surface area contributed by atoms with Crippen molar-refractivity contribution < 1.29 is 28.2 Å². The van der Waals surface area contributed by atoms with Gasteiger partial charge in [0.2, 0.25) is 0 Å². The summed E-state index contributed by atoms with van der Waals surface area (Å²) in [6, 6.07) is 8.51. The molecule has 0 fully saturated rings. The van der Waals surface area contributed by atoms with Crippen LogP contribution in [0.15, 0.2) is 40.9 Å². The van der Waals surface area contributed by atoms with Gasteiger partial charge in [0.05, 0.1) is 18.2 Å². The molecule has 150 valence electrons. The molecule has 0 bridgehead atoms. The second-order valence-electron chi connectivity index (χ2n) is 5.58. The molecule has 0 aromatic heterocycles. The van der Waals surface area contributed by atoms with Gasteiger partial charge in [-0.2, -0.15) is 0 Å². The van der Waals surface area contributed by atoms with Crippen molar-refractivity contribution in [2.24, 2.45) is 0 Å². The van der Waals surface area contributed by atoms with E-state index >= 15 is 0 Å². The minimum atomic E-state index is -0.584. The summed E-state index contributed by atoms with van der Waals surface area (Å²) >= 11 is 3.14. The van der Waals surface area contributed by atoms with Crippen molar-refractivity contribution in [2.75, 3.05) is 20.3 Å². The fourth-order valence-corrected chi connectivity index (χ4v) is 2.58. The fraction of sp³-hybridized carbons (Fsp3) is 0.263. The number of nitrogens with one attached hydrogen (secondary N) is 2. The van der Waals surface area contributed by atoms with Crippen molar-refractivity contribution in [1.29, 1.82) is 0 Å². The van der Waals surface area contributed by atoms with E-state index in [2.05, 4.69) is 26.8 Å². The maximum atomic E-state index is 13.0. The van der Waals surface area contributed by atoms with Crippen molar-refractivity contribution in [3.63, 3.8) is 0 Å². The quantitative estimate of drug-likeness (QED) is 0.598. The second-order valence-corrected chi connectivity index (χ2v) is 6.43. The summed E-state index contributed by atoms with van der Waals surface area (Å²) in [5, 5.41) is 0. The molecule has 0 spiro atoms. The first-order valence-corrected chi connectivity index (χ1v) is 9.21. The number of hydrogen-bond acceptors (Lipinski definition) is 5. The van der Waals surface area contributed by atoms with E-state index in [1.54, 1.807) is 12.1 Å². The van der Waals surface area contributed by atoms with Crippen LogP contribution in [0.2, 0.25) is 0 Å². The highest BCUT2D eigenvalue weighted by Crippen LogP contribution is 2.28. The predicted octanol–water partition coefficient (Wildman–Crippen LogP) is 3.23. The van der Waals surface area contributed by atoms with Gasteiger partial charge in [-0.15, -0.1) is 0 Å². The van der Waals surface area contributed by atoms with Crippen LogP contribution in [0.1, 0.15) is 23.7 Å². The second kappa shape index (κ2) is 10.5. The van der Waals surface area contributed by atoms with Crippen LogP contribution < -0.4 is 25.1 Å². The predicted molar refractivity (Wildman–Crippen MR) is 104 cm³/mol. The first kappa shape index (κ1) is 21.5. The fourth-order valence-electron chi connectivity index (χ4n) is 2.11. The van der Waals surface area contributed by atoms with Gasteiger partial charge in [0, 0.05) is 5.56 Å². The van der Waals surface area contributed by atoms with Crippen LogP contribution in [-0.2, 0) is 4.79 Å². The highest BCUT2D eigenvalue weighted by molar-refractivity contribution is 9.10. The maximum absolute atomic E-state index is 13.0. The molecule has 0 saturated carbocycles. The van der Waals surface area contributed by atoms with Crippen molar-refractivity contribution >= 4 is 27.7 Å². The molecule has 0 heterocycles. The number of methoxy groups -OCH3 is 1. The van der Waals surface area contributed by atoms with E-state index in [9.17, 15) is 14.0 Å². The number of halogens is 2. The SMILES string of the molecule is CCCOc1ccc(C(=O)NNC(=O)COc2ccc(F)cc2Br)cc1OC. The van der Waals surface area contributed by atoms with Crippen molar-refractivity contribution in [3.8, 4) is 17.2 Å². The molecule has 28 heavy (non-hydrogen) atoms. The number of ether oxygens (including phenoxy) is 3. The van der Waals surface area contributed by atoms with Gasteiger partial charge in [-0.3, -0.25) is 20.4 Å². The third-order valence-electron chi connectivity index (χ3n) is 3.46. The number of carbonyl (C=O) groups is 2. The number of amides is 2. The molecule has 9 heteroatoms. The molecule has 2 aromatic carbocycles. The molecule has 0 aliphatic heterocycles. The maximum Gasteiger partial charge on any atom is 0.276 e. The van der Waals surface area contributed by atoms with Gasteiger partial charge in [0.15, 0.2) is 18.1 Å². The van der Waals surface area contributed by atoms with Crippen molar-refractivity contribution in [2.45, 2.75) is 13.3 Å². The first-order valence-electron chi connectivity index (χ1n) is 8.42. The van der Waals surface area contributed by atoms with Crippen LogP contribution >= 0.6 is 15.9 Å². The number of benzene rings is 2. The molecule has 0 unspecified atom stereocenters. The Morgan fingerprint density at radius 3 is 2.46 bits per heavy atom. The van der Waals surface area contributed by atoms with Crippen LogP contribution in [0.3, 0.4) is 0 Å². The van der Waals surface area contributed by atoms with Crippen molar-refractivity contribution in [1.82, 2.24) is 10.9 Å². The molecule has 0 saturated heterocycles. The lowest BCUT2D eigenvalue weighted by molar-refractivity contribution is -0.123. The average Bonchev–Trinajstić information content (AvgIpc) is 2.69. The van der Waals surface area contributed by atoms with Gasteiger partial charge in [-0.1, -0.05) is 6.92 Å². The molecule has 2 amide bonds. The third kappa shape index (κ3) is 6.12. The molecule has 2 N–H and O–H groups in total. The van der Waals surface area contributed by atoms with Gasteiger partial charge in [0.25, 0.3) is 11.8 Å². The van der Waals surface area contributed by atoms with Gasteiger partial charge in [0.1, 0.15) is 11.6 Å². The van der Waals surface area contributed by atoms with Gasteiger partial charge in [-0.05, 0) is 58.7 Å². The molecular formula is C19H20BrFN2O5. The molecule has 2 aromatic rings. The minimum Gasteiger partial charge on any atom is -0.493 e. The van der Waals surface area contributed by atoms with Crippen LogP contribution in [0, 0.1) is 5.82 Å². The summed E-state index contributed by atoms with van der Waals surface area (Å²) in [5.41, 5.74) is 4.81. The van der Waals surface area contributed by atoms with Gasteiger partial charge in [-0.25, -0.2) is 4.39 Å². The van der Waals surface area contributed by atoms with Crippen LogP contribution in [0.25, 0.3) is 0 Å². The topological polar surface area (TPSA) is 85.9 Å². The Bertz CT molecular complexity index is 847. The van der Waals surface area contributed by atoms with Crippen LogP contribution in [-0.4, -0.2) is 32.1 Å². The smallest absolute Gasteiger partial charge is 0.276 e. The van der Waals surface area contributed by atoms with E-state index in [4.69, 9.17) is 14.2 Å². The number of hydrogen-bond donors (Lipinski definition) is 2. The Morgan fingerprint density at radius 1 is 1.04 bits per heavy atom. The summed E-state index contributed by atoms with van der Waals surface area (Å²) in [5.74, 6) is -0.302. The Balaban J connectivity index is 1.87. The average molecular weight is 455 g/mol. The molecule has 0 atom stereocenters. The zero-order valence-electron chi connectivity index (χ0n) is 15.4. The lowest BCUT2D eigenvalue weighted by atomic mass is 10.2. The van der Waals surface area contributed by atoms with E-state index in [0.717, 1.165) is 6.42 Å².